The number of rotatable bonds is 2. The van der Waals surface area contributed by atoms with E-state index in [4.69, 9.17) is 5.41 Å². The predicted octanol–water partition coefficient (Wildman–Crippen LogP) is 5.05. The van der Waals surface area contributed by atoms with Crippen molar-refractivity contribution in [3.05, 3.63) is 77.5 Å². The molecule has 28 heavy (non-hydrogen) atoms. The molecule has 1 heterocycles. The summed E-state index contributed by atoms with van der Waals surface area (Å²) < 4.78 is 0. The van der Waals surface area contributed by atoms with Crippen LogP contribution in [0.25, 0.3) is 0 Å². The summed E-state index contributed by atoms with van der Waals surface area (Å²) in [5, 5.41) is 18.9. The molecule has 140 valence electrons. The van der Waals surface area contributed by atoms with E-state index < -0.39 is 11.8 Å². The highest BCUT2D eigenvalue weighted by molar-refractivity contribution is 6.10. The number of anilines is 1. The molecule has 0 amide bonds. The van der Waals surface area contributed by atoms with Crippen LogP contribution in [0.5, 0.6) is 0 Å². The van der Waals surface area contributed by atoms with E-state index in [1.807, 2.05) is 65.6 Å². The van der Waals surface area contributed by atoms with E-state index >= 15 is 0 Å². The summed E-state index contributed by atoms with van der Waals surface area (Å²) in [6.45, 7) is 4.19. The van der Waals surface area contributed by atoms with E-state index in [9.17, 15) is 10.1 Å². The van der Waals surface area contributed by atoms with Gasteiger partial charge >= 0.3 is 0 Å². The molecule has 2 aliphatic rings. The second-order valence-corrected chi connectivity index (χ2v) is 8.35. The van der Waals surface area contributed by atoms with E-state index in [1.54, 1.807) is 0 Å². The van der Waals surface area contributed by atoms with Crippen LogP contribution in [-0.4, -0.2) is 11.6 Å². The fraction of sp³-hybridized carbons (Fsp3) is 0.292. The van der Waals surface area contributed by atoms with Crippen LogP contribution in [0.3, 0.4) is 0 Å². The Morgan fingerprint density at radius 3 is 2.25 bits per heavy atom. The zero-order chi connectivity index (χ0) is 19.9. The molecule has 4 rings (SSSR count). The fourth-order valence-corrected chi connectivity index (χ4v) is 4.49. The highest BCUT2D eigenvalue weighted by Gasteiger charge is 2.47. The van der Waals surface area contributed by atoms with Gasteiger partial charge in [0.2, 0.25) is 0 Å². The van der Waals surface area contributed by atoms with Crippen molar-refractivity contribution >= 4 is 17.3 Å². The molecular weight excluding hydrogens is 346 g/mol. The molecule has 4 heteroatoms. The highest BCUT2D eigenvalue weighted by Crippen LogP contribution is 2.49. The molecule has 1 aliphatic heterocycles. The SMILES string of the molecule is CC1(C)CC(=O)C2=C(C1)N(c1ccccc1)C(=N)C(C#N)C2c1ccccc1. The van der Waals surface area contributed by atoms with Crippen LogP contribution in [0.15, 0.2) is 71.9 Å². The zero-order valence-electron chi connectivity index (χ0n) is 16.1. The van der Waals surface area contributed by atoms with Crippen LogP contribution in [0, 0.1) is 28.1 Å². The zero-order valence-corrected chi connectivity index (χ0v) is 16.1. The van der Waals surface area contributed by atoms with Gasteiger partial charge in [-0.05, 0) is 29.5 Å². The normalized spacial score (nSPS) is 24.0. The standard InChI is InChI=1S/C24H23N3O/c1-24(2)13-19-22(20(28)14-24)21(16-9-5-3-6-10-16)18(15-25)23(26)27(19)17-11-7-4-8-12-17/h3-12,18,21,26H,13-14H2,1-2H3. The average molecular weight is 369 g/mol. The van der Waals surface area contributed by atoms with Crippen molar-refractivity contribution in [3.63, 3.8) is 0 Å². The van der Waals surface area contributed by atoms with Gasteiger partial charge in [0, 0.05) is 29.3 Å². The minimum atomic E-state index is -0.702. The summed E-state index contributed by atoms with van der Waals surface area (Å²) in [6, 6.07) is 21.6. The maximum Gasteiger partial charge on any atom is 0.161 e. The number of hydrogen-bond donors (Lipinski definition) is 1. The van der Waals surface area contributed by atoms with E-state index in [1.165, 1.54) is 0 Å². The van der Waals surface area contributed by atoms with E-state index in [2.05, 4.69) is 19.9 Å². The number of allylic oxidation sites excluding steroid dienone is 2. The first-order chi connectivity index (χ1) is 13.4. The number of hydrogen-bond acceptors (Lipinski definition) is 3. The third-order valence-electron chi connectivity index (χ3n) is 5.66. The van der Waals surface area contributed by atoms with Crippen LogP contribution in [0.4, 0.5) is 5.69 Å². The third kappa shape index (κ3) is 2.93. The Kier molecular flexibility index (Phi) is 4.39. The molecule has 1 aliphatic carbocycles. The number of Topliss-reactive ketones (excluding diaryl/α,β-unsaturated/α-hetero) is 1. The first kappa shape index (κ1) is 18.2. The summed E-state index contributed by atoms with van der Waals surface area (Å²) in [7, 11) is 0. The number of nitriles is 1. The fourth-order valence-electron chi connectivity index (χ4n) is 4.49. The molecule has 1 N–H and O–H groups in total. The van der Waals surface area contributed by atoms with E-state index in [0.717, 1.165) is 16.9 Å². The van der Waals surface area contributed by atoms with E-state index in [0.29, 0.717) is 18.4 Å². The molecular formula is C24H23N3O. The molecule has 4 nitrogen and oxygen atoms in total. The molecule has 0 bridgehead atoms. The first-order valence-electron chi connectivity index (χ1n) is 9.57. The topological polar surface area (TPSA) is 68.0 Å². The van der Waals surface area contributed by atoms with Crippen molar-refractivity contribution in [2.75, 3.05) is 4.90 Å². The molecule has 0 saturated carbocycles. The number of nitrogens with zero attached hydrogens (tertiary/aromatic N) is 2. The lowest BCUT2D eigenvalue weighted by atomic mass is 9.66. The molecule has 2 unspecified atom stereocenters. The van der Waals surface area contributed by atoms with Gasteiger partial charge in [-0.2, -0.15) is 5.26 Å². The molecule has 0 saturated heterocycles. The van der Waals surface area contributed by atoms with Crippen molar-refractivity contribution in [3.8, 4) is 6.07 Å². The number of nitrogens with one attached hydrogen (secondary N) is 1. The first-order valence-corrected chi connectivity index (χ1v) is 9.57. The number of carbonyl (C=O) groups excluding carboxylic acids is 1. The number of amidine groups is 1. The molecule has 2 aromatic carbocycles. The van der Waals surface area contributed by atoms with Crippen LogP contribution in [0.2, 0.25) is 0 Å². The van der Waals surface area contributed by atoms with Crippen molar-refractivity contribution in [1.29, 1.82) is 10.7 Å². The Bertz CT molecular complexity index is 999. The van der Waals surface area contributed by atoms with Crippen molar-refractivity contribution in [1.82, 2.24) is 0 Å². The van der Waals surface area contributed by atoms with Crippen LogP contribution >= 0.6 is 0 Å². The summed E-state index contributed by atoms with van der Waals surface area (Å²) in [5.74, 6) is -0.760. The second-order valence-electron chi connectivity index (χ2n) is 8.35. The van der Waals surface area contributed by atoms with Gasteiger partial charge < -0.3 is 4.90 Å². The van der Waals surface area contributed by atoms with Gasteiger partial charge in [0.25, 0.3) is 0 Å². The Morgan fingerprint density at radius 2 is 1.64 bits per heavy atom. The van der Waals surface area contributed by atoms with Crippen molar-refractivity contribution < 1.29 is 4.79 Å². The maximum absolute atomic E-state index is 13.3. The molecule has 0 aromatic heterocycles. The average Bonchev–Trinajstić information content (AvgIpc) is 2.67. The van der Waals surface area contributed by atoms with Gasteiger partial charge in [0.05, 0.1) is 6.07 Å². The van der Waals surface area contributed by atoms with Gasteiger partial charge in [-0.25, -0.2) is 0 Å². The van der Waals surface area contributed by atoms with Crippen LogP contribution in [0.1, 0.15) is 38.2 Å². The van der Waals surface area contributed by atoms with Gasteiger partial charge in [-0.3, -0.25) is 10.2 Å². The van der Waals surface area contributed by atoms with Gasteiger partial charge in [-0.1, -0.05) is 62.4 Å². The Labute approximate surface area is 165 Å². The molecule has 2 atom stereocenters. The number of carbonyl (C=O) groups is 1. The second kappa shape index (κ2) is 6.76. The molecule has 0 fully saturated rings. The van der Waals surface area contributed by atoms with E-state index in [-0.39, 0.29) is 17.0 Å². The third-order valence-corrected chi connectivity index (χ3v) is 5.66. The van der Waals surface area contributed by atoms with Gasteiger partial charge in [-0.15, -0.1) is 0 Å². The lowest BCUT2D eigenvalue weighted by Crippen LogP contribution is -2.48. The molecule has 0 radical (unpaired) electrons. The number of ketones is 1. The Morgan fingerprint density at radius 1 is 1.04 bits per heavy atom. The lowest BCUT2D eigenvalue weighted by Gasteiger charge is -2.45. The summed E-state index contributed by atoms with van der Waals surface area (Å²) >= 11 is 0. The molecule has 0 spiro atoms. The smallest absolute Gasteiger partial charge is 0.161 e. The maximum atomic E-state index is 13.3. The van der Waals surface area contributed by atoms with Crippen molar-refractivity contribution in [2.45, 2.75) is 32.6 Å². The van der Waals surface area contributed by atoms with Crippen molar-refractivity contribution in [2.24, 2.45) is 11.3 Å². The number of benzene rings is 2. The largest absolute Gasteiger partial charge is 0.301 e. The van der Waals surface area contributed by atoms with Gasteiger partial charge in [0.1, 0.15) is 11.8 Å². The summed E-state index contributed by atoms with van der Waals surface area (Å²) in [4.78, 5) is 15.1. The minimum Gasteiger partial charge on any atom is -0.301 e. The van der Waals surface area contributed by atoms with Gasteiger partial charge in [0.15, 0.2) is 5.78 Å². The number of para-hydroxylation sites is 1. The predicted molar refractivity (Wildman–Crippen MR) is 110 cm³/mol. The quantitative estimate of drug-likeness (QED) is 0.805. The molecule has 2 aromatic rings. The Hall–Kier alpha value is -3.19. The highest BCUT2D eigenvalue weighted by atomic mass is 16.1. The van der Waals surface area contributed by atoms with Crippen LogP contribution in [-0.2, 0) is 4.79 Å². The minimum absolute atomic E-state index is 0.0915. The van der Waals surface area contributed by atoms with Crippen LogP contribution < -0.4 is 4.90 Å². The Balaban J connectivity index is 1.99. The summed E-state index contributed by atoms with van der Waals surface area (Å²) in [5.41, 5.74) is 3.16. The monoisotopic (exact) mass is 369 g/mol. The lowest BCUT2D eigenvalue weighted by molar-refractivity contribution is -0.118. The summed E-state index contributed by atoms with van der Waals surface area (Å²) in [6.07, 6.45) is 1.16.